The molecular weight excluding hydrogens is 825 g/mol. The summed E-state index contributed by atoms with van der Waals surface area (Å²) in [5.74, 6) is 1.88. The van der Waals surface area contributed by atoms with Gasteiger partial charge in [-0.3, -0.25) is 9.59 Å². The Bertz CT molecular complexity index is 2180. The number of benzene rings is 2. The largest absolute Gasteiger partial charge is 0.488 e. The van der Waals surface area contributed by atoms with Crippen molar-refractivity contribution in [2.75, 3.05) is 48.2 Å². The van der Waals surface area contributed by atoms with Crippen molar-refractivity contribution in [2.24, 2.45) is 5.92 Å². The molecule has 2 aromatic heterocycles. The maximum atomic E-state index is 14.1. The molecule has 3 N–H and O–H groups in total. The molecule has 0 aliphatic carbocycles. The topological polar surface area (TPSA) is 203 Å². The van der Waals surface area contributed by atoms with Crippen LogP contribution in [0.2, 0.25) is 0 Å². The fourth-order valence-electron chi connectivity index (χ4n) is 9.62. The molecular formula is C46H58N8O10. The minimum Gasteiger partial charge on any atom is -0.488 e. The Hall–Kier alpha value is -6.14. The molecule has 0 bridgehead atoms. The summed E-state index contributed by atoms with van der Waals surface area (Å²) in [5, 5.41) is 2.72. The van der Waals surface area contributed by atoms with Crippen molar-refractivity contribution in [3.63, 3.8) is 0 Å². The second-order valence-electron chi connectivity index (χ2n) is 17.5. The predicted molar refractivity (Wildman–Crippen MR) is 233 cm³/mol. The number of H-pyrrole nitrogens is 2. The number of carbonyl (C=O) groups excluding carboxylic acids is 4. The predicted octanol–water partition coefficient (Wildman–Crippen LogP) is 6.13. The summed E-state index contributed by atoms with van der Waals surface area (Å²) in [4.78, 5) is 74.5. The summed E-state index contributed by atoms with van der Waals surface area (Å²) in [6, 6.07) is 5.82. The summed E-state index contributed by atoms with van der Waals surface area (Å²) in [5.41, 5.74) is 7.20. The first kappa shape index (κ1) is 44.5. The highest BCUT2D eigenvalue weighted by Crippen LogP contribution is 2.51. The van der Waals surface area contributed by atoms with Gasteiger partial charge in [0.1, 0.15) is 48.9 Å². The quantitative estimate of drug-likeness (QED) is 0.123. The van der Waals surface area contributed by atoms with E-state index < -0.39 is 18.1 Å². The monoisotopic (exact) mass is 882 g/mol. The van der Waals surface area contributed by atoms with Gasteiger partial charge in [0, 0.05) is 53.6 Å². The summed E-state index contributed by atoms with van der Waals surface area (Å²) < 4.78 is 33.7. The van der Waals surface area contributed by atoms with Crippen molar-refractivity contribution >= 4 is 24.0 Å². The summed E-state index contributed by atoms with van der Waals surface area (Å²) in [6.07, 6.45) is 5.68. The number of imidazole rings is 2. The number of nitrogens with zero attached hydrogens (tertiary/aromatic N) is 5. The van der Waals surface area contributed by atoms with E-state index in [-0.39, 0.29) is 54.6 Å². The van der Waals surface area contributed by atoms with Crippen LogP contribution < -0.4 is 14.8 Å². The molecule has 64 heavy (non-hydrogen) atoms. The Kier molecular flexibility index (Phi) is 12.9. The smallest absolute Gasteiger partial charge is 0.407 e. The molecule has 2 aromatic carbocycles. The zero-order valence-corrected chi connectivity index (χ0v) is 37.7. The van der Waals surface area contributed by atoms with Gasteiger partial charge in [0.25, 0.3) is 0 Å². The fraction of sp³-hybridized carbons (Fsp3) is 0.522. The number of aromatic amines is 2. The Balaban J connectivity index is 1.04. The van der Waals surface area contributed by atoms with Crippen LogP contribution in [-0.4, -0.2) is 131 Å². The van der Waals surface area contributed by atoms with Crippen molar-refractivity contribution in [3.8, 4) is 45.1 Å². The van der Waals surface area contributed by atoms with Gasteiger partial charge in [-0.25, -0.2) is 19.6 Å². The second kappa shape index (κ2) is 18.5. The van der Waals surface area contributed by atoms with Crippen LogP contribution in [0, 0.1) is 5.92 Å². The number of urea groups is 1. The molecule has 18 nitrogen and oxygen atoms in total. The van der Waals surface area contributed by atoms with E-state index in [0.29, 0.717) is 50.9 Å². The van der Waals surface area contributed by atoms with Gasteiger partial charge in [0.15, 0.2) is 0 Å². The van der Waals surface area contributed by atoms with Crippen molar-refractivity contribution in [2.45, 2.75) is 103 Å². The van der Waals surface area contributed by atoms with Crippen LogP contribution in [0.4, 0.5) is 9.59 Å². The minimum atomic E-state index is -0.787. The Morgan fingerprint density at radius 3 is 1.73 bits per heavy atom. The first-order chi connectivity index (χ1) is 30.8. The van der Waals surface area contributed by atoms with Gasteiger partial charge < -0.3 is 58.4 Å². The van der Waals surface area contributed by atoms with Crippen LogP contribution in [0.25, 0.3) is 33.6 Å². The molecule has 0 radical (unpaired) electrons. The summed E-state index contributed by atoms with van der Waals surface area (Å²) in [7, 11) is 5.83. The number of likely N-dealkylation sites (tertiary alicyclic amines) is 2. The van der Waals surface area contributed by atoms with E-state index in [9.17, 15) is 19.2 Å². The van der Waals surface area contributed by atoms with E-state index >= 15 is 0 Å². The van der Waals surface area contributed by atoms with E-state index in [0.717, 1.165) is 69.1 Å². The first-order valence-corrected chi connectivity index (χ1v) is 21.9. The van der Waals surface area contributed by atoms with Gasteiger partial charge in [-0.15, -0.1) is 0 Å². The molecule has 4 amide bonds. The van der Waals surface area contributed by atoms with Gasteiger partial charge in [-0.2, -0.15) is 0 Å². The highest BCUT2D eigenvalue weighted by Gasteiger charge is 2.44. The van der Waals surface area contributed by atoms with Gasteiger partial charge in [0.05, 0.1) is 75.4 Å². The van der Waals surface area contributed by atoms with Crippen molar-refractivity contribution in [1.29, 1.82) is 0 Å². The third-order valence-corrected chi connectivity index (χ3v) is 12.8. The molecule has 5 atom stereocenters. The lowest BCUT2D eigenvalue weighted by Gasteiger charge is -2.36. The number of amides is 4. The third kappa shape index (κ3) is 8.35. The van der Waals surface area contributed by atoms with Crippen LogP contribution in [0.3, 0.4) is 0 Å². The number of aromatic nitrogens is 4. The van der Waals surface area contributed by atoms with E-state index in [4.69, 9.17) is 38.4 Å². The van der Waals surface area contributed by atoms with Gasteiger partial charge in [-0.1, -0.05) is 13.8 Å². The molecule has 342 valence electrons. The van der Waals surface area contributed by atoms with E-state index in [2.05, 4.69) is 27.4 Å². The molecule has 0 spiro atoms. The van der Waals surface area contributed by atoms with Gasteiger partial charge in [-0.05, 0) is 69.7 Å². The average molecular weight is 883 g/mol. The van der Waals surface area contributed by atoms with Gasteiger partial charge in [0.2, 0.25) is 5.91 Å². The lowest BCUT2D eigenvalue weighted by Crippen LogP contribution is -2.53. The molecule has 18 heteroatoms. The van der Waals surface area contributed by atoms with Crippen LogP contribution in [0.15, 0.2) is 36.7 Å². The van der Waals surface area contributed by atoms with E-state index in [1.54, 1.807) is 36.4 Å². The lowest BCUT2D eigenvalue weighted by molar-refractivity contribution is -0.142. The average Bonchev–Trinajstić information content (AvgIpc) is 4.12. The lowest BCUT2D eigenvalue weighted by atomic mass is 9.87. The summed E-state index contributed by atoms with van der Waals surface area (Å²) in [6.45, 7) is 8.70. The van der Waals surface area contributed by atoms with E-state index in [1.807, 2.05) is 39.8 Å². The number of methoxy groups -OCH3 is 4. The molecule has 0 unspecified atom stereocenters. The second-order valence-corrected chi connectivity index (χ2v) is 17.5. The maximum absolute atomic E-state index is 14.1. The normalized spacial score (nSPS) is 20.2. The number of ether oxygens (including phenoxy) is 6. The molecule has 0 saturated carbocycles. The zero-order valence-electron chi connectivity index (χ0n) is 37.7. The molecule has 4 aliphatic heterocycles. The Labute approximate surface area is 372 Å². The van der Waals surface area contributed by atoms with Crippen LogP contribution in [0.1, 0.15) is 88.2 Å². The van der Waals surface area contributed by atoms with Crippen LogP contribution in [0.5, 0.6) is 11.5 Å². The third-order valence-electron chi connectivity index (χ3n) is 12.8. The van der Waals surface area contributed by atoms with E-state index in [1.165, 1.54) is 19.1 Å². The summed E-state index contributed by atoms with van der Waals surface area (Å²) >= 11 is 0. The van der Waals surface area contributed by atoms with Crippen molar-refractivity contribution < 1.29 is 47.6 Å². The molecule has 2 saturated heterocycles. The number of carbonyl (C=O) groups is 4. The molecule has 8 rings (SSSR count). The number of nitrogens with one attached hydrogen (secondary N) is 3. The number of rotatable bonds is 14. The SMILES string of the molecule is COC[C@H]1CC[C@@H](c2ncc(-c3cc4c5c(c3)OCc3cc(-c6cnc([C@@H]7CC[C@H](COC)N7C(=O)N(CC(=O)OC)C(C)C)[nH]6)cc(c3-5)OC4)[nH]2)N1C(=O)[C@@H](NC(=O)OC)C(C)C. The highest BCUT2D eigenvalue weighted by atomic mass is 16.5. The fourth-order valence-corrected chi connectivity index (χ4v) is 9.62. The Morgan fingerprint density at radius 2 is 1.27 bits per heavy atom. The zero-order chi connectivity index (χ0) is 45.4. The molecule has 4 aromatic rings. The highest BCUT2D eigenvalue weighted by molar-refractivity contribution is 5.89. The molecule has 2 fully saturated rings. The Morgan fingerprint density at radius 1 is 0.750 bits per heavy atom. The van der Waals surface area contributed by atoms with Crippen molar-refractivity contribution in [1.82, 2.24) is 40.0 Å². The number of esters is 1. The van der Waals surface area contributed by atoms with Gasteiger partial charge >= 0.3 is 18.1 Å². The molecule has 6 heterocycles. The van der Waals surface area contributed by atoms with Crippen LogP contribution in [-0.2, 0) is 41.8 Å². The number of hydrogen-bond donors (Lipinski definition) is 3. The standard InChI is InChI=1S/C46H58N8O10/c1-24(2)41(51-45(57)62-8)44(56)53-30(22-59-5)9-11-34(53)42-47-17-32(49-42)26-13-28-20-64-37-16-27(14-29-21-63-36(15-26)39(28)40(29)37)33-18-48-43(50-33)35-12-10-31(23-60-6)54(35)46(58)52(25(3)4)19-38(55)61-7/h13-18,24-25,30-31,34-35,41H,9-12,19-23H2,1-8H3,(H,47,49)(H,48,50)(H,51,57)/t30-,31-,34+,35+,41+/m1/s1. The van der Waals surface area contributed by atoms with Crippen molar-refractivity contribution in [3.05, 3.63) is 59.4 Å². The molecule has 4 aliphatic rings. The number of alkyl carbamates (subject to hydrolysis) is 1. The minimum absolute atomic E-state index is 0.160. The maximum Gasteiger partial charge on any atom is 0.407 e. The first-order valence-electron chi connectivity index (χ1n) is 21.9. The number of hydrogen-bond acceptors (Lipinski definition) is 12. The van der Waals surface area contributed by atoms with Crippen LogP contribution >= 0.6 is 0 Å².